The number of hydrogen-bond donors (Lipinski definition) is 2. The van der Waals surface area contributed by atoms with Crippen LogP contribution < -0.4 is 0 Å². The van der Waals surface area contributed by atoms with E-state index in [1.54, 1.807) is 12.1 Å². The Bertz CT molecular complexity index is 1110. The summed E-state index contributed by atoms with van der Waals surface area (Å²) in [6.07, 6.45) is 0.0116. The van der Waals surface area contributed by atoms with Crippen LogP contribution in [0.1, 0.15) is 30.4 Å². The number of Topliss-reactive ketones (excluding diaryl/α,β-unsaturated/α-hetero) is 1. The number of carbonyl (C=O) groups excluding carboxylic acids is 1. The smallest absolute Gasteiger partial charge is 0.332 e. The Kier molecular flexibility index (Phi) is 6.75. The van der Waals surface area contributed by atoms with E-state index in [2.05, 4.69) is 0 Å². The number of allylic oxidation sites excluding steroid dienone is 1. The van der Waals surface area contributed by atoms with Crippen molar-refractivity contribution in [1.82, 2.24) is 0 Å². The van der Waals surface area contributed by atoms with E-state index in [9.17, 15) is 24.6 Å². The molecule has 0 aliphatic rings. The molecule has 0 radical (unpaired) electrons. The van der Waals surface area contributed by atoms with Gasteiger partial charge in [-0.3, -0.25) is 9.59 Å². The number of ketones is 1. The fraction of sp³-hybridized carbons (Fsp3) is 0.160. The molecular formula is C25H22O5. The fourth-order valence-corrected chi connectivity index (χ4v) is 3.53. The van der Waals surface area contributed by atoms with E-state index in [0.717, 1.165) is 16.3 Å². The third kappa shape index (κ3) is 5.20. The fourth-order valence-electron chi connectivity index (χ4n) is 3.53. The van der Waals surface area contributed by atoms with Gasteiger partial charge in [0.2, 0.25) is 0 Å². The van der Waals surface area contributed by atoms with Crippen LogP contribution in [0.2, 0.25) is 0 Å². The summed E-state index contributed by atoms with van der Waals surface area (Å²) in [5.41, 5.74) is 1.61. The molecule has 2 N–H and O–H groups in total. The maximum absolute atomic E-state index is 12.8. The highest BCUT2D eigenvalue weighted by Crippen LogP contribution is 2.31. The standard InChI is InChI=1S/C25H22O5/c26-19(14-13-17-7-2-1-3-8-17)15-22(23(25(29)30)16-24(27)28)21-12-6-10-18-9-4-5-11-20(18)21/h1-12H,13-16H2,(H,27,28)(H,29,30). The molecule has 0 aromatic heterocycles. The van der Waals surface area contributed by atoms with Crippen molar-refractivity contribution < 1.29 is 24.6 Å². The van der Waals surface area contributed by atoms with E-state index in [1.807, 2.05) is 60.7 Å². The molecule has 0 fully saturated rings. The average Bonchev–Trinajstić information content (AvgIpc) is 2.75. The Morgan fingerprint density at radius 2 is 1.40 bits per heavy atom. The van der Waals surface area contributed by atoms with E-state index in [1.165, 1.54) is 0 Å². The molecule has 3 aromatic rings. The topological polar surface area (TPSA) is 91.7 Å². The molecule has 30 heavy (non-hydrogen) atoms. The third-order valence-corrected chi connectivity index (χ3v) is 4.97. The number of aliphatic carboxylic acids is 2. The maximum Gasteiger partial charge on any atom is 0.332 e. The Morgan fingerprint density at radius 3 is 2.10 bits per heavy atom. The minimum Gasteiger partial charge on any atom is -0.481 e. The van der Waals surface area contributed by atoms with Crippen molar-refractivity contribution in [1.29, 1.82) is 0 Å². The summed E-state index contributed by atoms with van der Waals surface area (Å²) in [7, 11) is 0. The third-order valence-electron chi connectivity index (χ3n) is 4.97. The number of benzene rings is 3. The van der Waals surface area contributed by atoms with Crippen molar-refractivity contribution in [3.8, 4) is 0 Å². The van der Waals surface area contributed by atoms with Crippen LogP contribution in [0.15, 0.2) is 78.4 Å². The molecule has 3 rings (SSSR count). The molecular weight excluding hydrogens is 380 g/mol. The molecule has 5 heteroatoms. The zero-order chi connectivity index (χ0) is 21.5. The lowest BCUT2D eigenvalue weighted by atomic mass is 9.89. The number of carbonyl (C=O) groups is 3. The van der Waals surface area contributed by atoms with Crippen LogP contribution in [0.3, 0.4) is 0 Å². The predicted octanol–water partition coefficient (Wildman–Crippen LogP) is 4.74. The van der Waals surface area contributed by atoms with Crippen LogP contribution in [0.4, 0.5) is 0 Å². The number of hydrogen-bond acceptors (Lipinski definition) is 3. The maximum atomic E-state index is 12.8. The van der Waals surface area contributed by atoms with Crippen molar-refractivity contribution in [2.24, 2.45) is 0 Å². The van der Waals surface area contributed by atoms with Crippen molar-refractivity contribution in [2.75, 3.05) is 0 Å². The van der Waals surface area contributed by atoms with Gasteiger partial charge in [-0.2, -0.15) is 0 Å². The molecule has 0 amide bonds. The van der Waals surface area contributed by atoms with Crippen molar-refractivity contribution in [3.05, 3.63) is 89.5 Å². The SMILES string of the molecule is O=C(O)CC(C(=O)O)=C(CC(=O)CCc1ccccc1)c1cccc2ccccc12. The van der Waals surface area contributed by atoms with Crippen LogP contribution in [0.5, 0.6) is 0 Å². The zero-order valence-corrected chi connectivity index (χ0v) is 16.4. The molecule has 0 aliphatic carbocycles. The number of fused-ring (bicyclic) bond motifs is 1. The largest absolute Gasteiger partial charge is 0.481 e. The predicted molar refractivity (Wildman–Crippen MR) is 115 cm³/mol. The molecule has 0 aliphatic heterocycles. The van der Waals surface area contributed by atoms with E-state index in [-0.39, 0.29) is 29.8 Å². The summed E-state index contributed by atoms with van der Waals surface area (Å²) in [6, 6.07) is 22.4. The monoisotopic (exact) mass is 402 g/mol. The molecule has 0 bridgehead atoms. The van der Waals surface area contributed by atoms with Gasteiger partial charge in [0.25, 0.3) is 0 Å². The van der Waals surface area contributed by atoms with Gasteiger partial charge >= 0.3 is 11.9 Å². The molecule has 0 spiro atoms. The Balaban J connectivity index is 2.00. The summed E-state index contributed by atoms with van der Waals surface area (Å²) in [5, 5.41) is 20.6. The van der Waals surface area contributed by atoms with Crippen molar-refractivity contribution in [2.45, 2.75) is 25.7 Å². The first-order valence-electron chi connectivity index (χ1n) is 9.66. The van der Waals surface area contributed by atoms with Crippen molar-refractivity contribution >= 4 is 34.1 Å². The normalized spacial score (nSPS) is 11.7. The number of carboxylic acids is 2. The summed E-state index contributed by atoms with van der Waals surface area (Å²) in [4.78, 5) is 36.0. The first-order chi connectivity index (χ1) is 14.5. The number of rotatable bonds is 9. The van der Waals surface area contributed by atoms with Gasteiger partial charge < -0.3 is 10.2 Å². The van der Waals surface area contributed by atoms with Gasteiger partial charge in [-0.25, -0.2) is 4.79 Å². The Hall–Kier alpha value is -3.73. The summed E-state index contributed by atoms with van der Waals surface area (Å²) in [5.74, 6) is -2.70. The first-order valence-corrected chi connectivity index (χ1v) is 9.66. The highest BCUT2D eigenvalue weighted by atomic mass is 16.4. The summed E-state index contributed by atoms with van der Waals surface area (Å²) < 4.78 is 0. The molecule has 0 saturated carbocycles. The van der Waals surface area contributed by atoms with Gasteiger partial charge in [0, 0.05) is 12.8 Å². The van der Waals surface area contributed by atoms with Gasteiger partial charge in [0.1, 0.15) is 5.78 Å². The van der Waals surface area contributed by atoms with Gasteiger partial charge in [-0.15, -0.1) is 0 Å². The average molecular weight is 402 g/mol. The van der Waals surface area contributed by atoms with Crippen LogP contribution in [0.25, 0.3) is 16.3 Å². The second-order valence-electron chi connectivity index (χ2n) is 7.06. The molecule has 0 unspecified atom stereocenters. The lowest BCUT2D eigenvalue weighted by Gasteiger charge is -2.14. The lowest BCUT2D eigenvalue weighted by Crippen LogP contribution is -2.12. The van der Waals surface area contributed by atoms with Crippen LogP contribution in [0, 0.1) is 0 Å². The van der Waals surface area contributed by atoms with E-state index in [0.29, 0.717) is 12.0 Å². The molecule has 0 heterocycles. The Morgan fingerprint density at radius 1 is 0.733 bits per heavy atom. The van der Waals surface area contributed by atoms with Crippen LogP contribution >= 0.6 is 0 Å². The minimum atomic E-state index is -1.32. The van der Waals surface area contributed by atoms with Crippen LogP contribution in [-0.4, -0.2) is 27.9 Å². The van der Waals surface area contributed by atoms with E-state index >= 15 is 0 Å². The van der Waals surface area contributed by atoms with E-state index < -0.39 is 18.4 Å². The van der Waals surface area contributed by atoms with Crippen LogP contribution in [-0.2, 0) is 20.8 Å². The Labute approximate surface area is 174 Å². The van der Waals surface area contributed by atoms with E-state index in [4.69, 9.17) is 0 Å². The highest BCUT2D eigenvalue weighted by molar-refractivity contribution is 6.08. The lowest BCUT2D eigenvalue weighted by molar-refractivity contribution is -0.139. The van der Waals surface area contributed by atoms with Gasteiger partial charge in [0.15, 0.2) is 0 Å². The minimum absolute atomic E-state index is 0.129. The van der Waals surface area contributed by atoms with Gasteiger partial charge in [-0.1, -0.05) is 72.8 Å². The highest BCUT2D eigenvalue weighted by Gasteiger charge is 2.22. The van der Waals surface area contributed by atoms with Gasteiger partial charge in [0.05, 0.1) is 12.0 Å². The molecule has 5 nitrogen and oxygen atoms in total. The second kappa shape index (κ2) is 9.65. The molecule has 3 aromatic carbocycles. The van der Waals surface area contributed by atoms with Crippen molar-refractivity contribution in [3.63, 3.8) is 0 Å². The number of carboxylic acid groups (broad SMARTS) is 2. The molecule has 0 saturated heterocycles. The quantitative estimate of drug-likeness (QED) is 0.504. The van der Waals surface area contributed by atoms with Gasteiger partial charge in [-0.05, 0) is 33.9 Å². The first kappa shape index (κ1) is 21.0. The summed E-state index contributed by atoms with van der Waals surface area (Å²) >= 11 is 0. The zero-order valence-electron chi connectivity index (χ0n) is 16.4. The second-order valence-corrected chi connectivity index (χ2v) is 7.06. The molecule has 152 valence electrons. The molecule has 0 atom stereocenters. The number of aryl methyl sites for hydroxylation is 1. The summed E-state index contributed by atoms with van der Waals surface area (Å²) in [6.45, 7) is 0.